The Balaban J connectivity index is 1.62. The van der Waals surface area contributed by atoms with Gasteiger partial charge in [0, 0.05) is 32.6 Å². The van der Waals surface area contributed by atoms with Crippen molar-refractivity contribution in [3.05, 3.63) is 39.5 Å². The quantitative estimate of drug-likeness (QED) is 0.322. The highest BCUT2D eigenvalue weighted by molar-refractivity contribution is 7.89. The van der Waals surface area contributed by atoms with E-state index in [2.05, 4.69) is 14.8 Å². The number of nitrogens with zero attached hydrogens (tertiary/aromatic N) is 2. The minimum atomic E-state index is -4.78. The summed E-state index contributed by atoms with van der Waals surface area (Å²) in [6, 6.07) is 5.01. The van der Waals surface area contributed by atoms with Crippen LogP contribution in [-0.2, 0) is 29.1 Å². The molecule has 2 N–H and O–H groups in total. The minimum Gasteiger partial charge on any atom is -0.466 e. The van der Waals surface area contributed by atoms with Crippen molar-refractivity contribution >= 4 is 62.3 Å². The Labute approximate surface area is 268 Å². The summed E-state index contributed by atoms with van der Waals surface area (Å²) in [4.78, 5) is 53.3. The van der Waals surface area contributed by atoms with Gasteiger partial charge >= 0.3 is 12.6 Å². The summed E-state index contributed by atoms with van der Waals surface area (Å²) in [6.07, 6.45) is 1.89. The van der Waals surface area contributed by atoms with Gasteiger partial charge in [-0.25, -0.2) is 8.42 Å². The van der Waals surface area contributed by atoms with Gasteiger partial charge in [0.15, 0.2) is 5.75 Å². The monoisotopic (exact) mass is 690 g/mol. The molecular formula is C28H33ClF2N4O8S2. The number of nitrogens with one attached hydrogen (secondary N) is 2. The van der Waals surface area contributed by atoms with Gasteiger partial charge in [-0.1, -0.05) is 17.7 Å². The second kappa shape index (κ2) is 15.3. The number of thiophene rings is 1. The molecule has 2 saturated heterocycles. The van der Waals surface area contributed by atoms with E-state index in [0.717, 1.165) is 17.4 Å². The lowest BCUT2D eigenvalue weighted by Gasteiger charge is -2.33. The zero-order chi connectivity index (χ0) is 32.7. The largest absolute Gasteiger partial charge is 0.466 e. The van der Waals surface area contributed by atoms with E-state index in [1.54, 1.807) is 6.92 Å². The van der Waals surface area contributed by atoms with Gasteiger partial charge in [0.25, 0.3) is 5.91 Å². The van der Waals surface area contributed by atoms with Crippen LogP contribution >= 0.6 is 22.9 Å². The summed E-state index contributed by atoms with van der Waals surface area (Å²) in [7, 11) is -4.78. The summed E-state index contributed by atoms with van der Waals surface area (Å²) in [5.74, 6) is -3.25. The molecule has 0 radical (unpaired) electrons. The zero-order valence-corrected chi connectivity index (χ0v) is 26.7. The van der Waals surface area contributed by atoms with Crippen molar-refractivity contribution in [2.24, 2.45) is 5.92 Å². The number of hydrogen-bond acceptors (Lipinski definition) is 9. The van der Waals surface area contributed by atoms with Crippen molar-refractivity contribution in [2.75, 3.05) is 37.7 Å². The Kier molecular flexibility index (Phi) is 11.7. The predicted molar refractivity (Wildman–Crippen MR) is 161 cm³/mol. The lowest BCUT2D eigenvalue weighted by Crippen LogP contribution is -2.55. The van der Waals surface area contributed by atoms with Crippen molar-refractivity contribution in [3.63, 3.8) is 0 Å². The number of hydrogen-bond donors (Lipinski definition) is 2. The smallest absolute Gasteiger partial charge is 0.387 e. The zero-order valence-electron chi connectivity index (χ0n) is 24.3. The maximum atomic E-state index is 13.8. The minimum absolute atomic E-state index is 0.112. The lowest BCUT2D eigenvalue weighted by molar-refractivity contribution is -0.151. The number of sulfonamides is 1. The molecule has 3 amide bonds. The van der Waals surface area contributed by atoms with Crippen molar-refractivity contribution in [3.8, 4) is 5.75 Å². The average molecular weight is 691 g/mol. The molecule has 246 valence electrons. The van der Waals surface area contributed by atoms with E-state index in [1.165, 1.54) is 34.1 Å². The highest BCUT2D eigenvalue weighted by Crippen LogP contribution is 2.38. The molecular weight excluding hydrogens is 658 g/mol. The molecule has 17 heteroatoms. The molecule has 1 aromatic carbocycles. The average Bonchev–Trinajstić information content (AvgIpc) is 3.45. The fraction of sp³-hybridized carbons (Fsp3) is 0.500. The van der Waals surface area contributed by atoms with Crippen LogP contribution in [0.15, 0.2) is 35.2 Å². The number of carbonyl (C=O) groups excluding carboxylic acids is 4. The number of halogens is 3. The van der Waals surface area contributed by atoms with Gasteiger partial charge in [0.1, 0.15) is 10.9 Å². The summed E-state index contributed by atoms with van der Waals surface area (Å²) < 4.78 is 67.1. The summed E-state index contributed by atoms with van der Waals surface area (Å²) in [6.45, 7) is -1.63. The van der Waals surface area contributed by atoms with Gasteiger partial charge in [0.2, 0.25) is 21.8 Å². The highest BCUT2D eigenvalue weighted by atomic mass is 35.5. The number of anilines is 1. The number of ether oxygens (including phenoxy) is 2. The van der Waals surface area contributed by atoms with E-state index in [4.69, 9.17) is 16.3 Å². The van der Waals surface area contributed by atoms with Crippen molar-refractivity contribution in [1.82, 2.24) is 14.9 Å². The topological polar surface area (TPSA) is 151 Å². The Hall–Kier alpha value is -3.34. The van der Waals surface area contributed by atoms with Crippen LogP contribution in [0.4, 0.5) is 14.5 Å². The predicted octanol–water partition coefficient (Wildman–Crippen LogP) is 3.40. The van der Waals surface area contributed by atoms with Gasteiger partial charge < -0.3 is 24.6 Å². The molecule has 0 spiro atoms. The fourth-order valence-electron chi connectivity index (χ4n) is 5.16. The van der Waals surface area contributed by atoms with Gasteiger partial charge in [0.05, 0.1) is 27.4 Å². The maximum Gasteiger partial charge on any atom is 0.387 e. The number of alkyl halides is 2. The number of benzene rings is 1. The number of piperidine rings is 2. The van der Waals surface area contributed by atoms with Crippen LogP contribution in [0, 0.1) is 5.92 Å². The van der Waals surface area contributed by atoms with Crippen LogP contribution in [0.5, 0.6) is 5.75 Å². The van der Waals surface area contributed by atoms with Crippen molar-refractivity contribution in [1.29, 1.82) is 0 Å². The van der Waals surface area contributed by atoms with Crippen LogP contribution in [0.1, 0.15) is 48.7 Å². The van der Waals surface area contributed by atoms with Gasteiger partial charge in [-0.2, -0.15) is 13.5 Å². The highest BCUT2D eigenvalue weighted by Gasteiger charge is 2.36. The number of rotatable bonds is 12. The third-order valence-corrected chi connectivity index (χ3v) is 10.1. The van der Waals surface area contributed by atoms with Crippen molar-refractivity contribution < 1.29 is 45.9 Å². The van der Waals surface area contributed by atoms with E-state index in [0.29, 0.717) is 17.2 Å². The first-order valence-corrected chi connectivity index (χ1v) is 17.0. The third-order valence-electron chi connectivity index (χ3n) is 7.35. The van der Waals surface area contributed by atoms with Crippen molar-refractivity contribution in [2.45, 2.75) is 56.6 Å². The van der Waals surface area contributed by atoms with Crippen LogP contribution in [-0.4, -0.2) is 82.4 Å². The van der Waals surface area contributed by atoms with Gasteiger partial charge in [-0.05, 0) is 56.9 Å². The summed E-state index contributed by atoms with van der Waals surface area (Å²) in [5, 5.41) is 2.53. The Morgan fingerprint density at radius 1 is 1.11 bits per heavy atom. The first kappa shape index (κ1) is 34.5. The molecule has 1 aromatic heterocycles. The van der Waals surface area contributed by atoms with E-state index >= 15 is 0 Å². The number of esters is 1. The molecule has 2 fully saturated rings. The van der Waals surface area contributed by atoms with Crippen LogP contribution in [0.3, 0.4) is 0 Å². The summed E-state index contributed by atoms with van der Waals surface area (Å²) in [5.41, 5.74) is -0.144. The van der Waals surface area contributed by atoms with Crippen LogP contribution in [0.2, 0.25) is 4.34 Å². The van der Waals surface area contributed by atoms with Gasteiger partial charge in [-0.15, -0.1) is 11.3 Å². The molecule has 4 rings (SSSR count). The van der Waals surface area contributed by atoms with E-state index in [-0.39, 0.29) is 67.9 Å². The van der Waals surface area contributed by atoms with Crippen LogP contribution < -0.4 is 19.7 Å². The first-order valence-electron chi connectivity index (χ1n) is 14.3. The molecule has 12 nitrogen and oxygen atoms in total. The number of likely N-dealkylation sites (tertiary alicyclic amines) is 1. The second-order valence-corrected chi connectivity index (χ2v) is 13.7. The van der Waals surface area contributed by atoms with E-state index < -0.39 is 57.6 Å². The fourth-order valence-corrected chi connectivity index (χ4v) is 7.46. The second-order valence-electron chi connectivity index (χ2n) is 10.3. The maximum absolute atomic E-state index is 13.8. The summed E-state index contributed by atoms with van der Waals surface area (Å²) >= 11 is 6.90. The molecule has 0 saturated carbocycles. The molecule has 0 bridgehead atoms. The Bertz CT molecular complexity index is 1520. The lowest BCUT2D eigenvalue weighted by atomic mass is 9.96. The number of amides is 3. The van der Waals surface area contributed by atoms with Gasteiger partial charge in [-0.3, -0.25) is 19.2 Å². The normalized spacial score (nSPS) is 16.9. The Morgan fingerprint density at radius 3 is 2.47 bits per heavy atom. The molecule has 3 heterocycles. The molecule has 0 aliphatic carbocycles. The number of carbonyl (C=O) groups is 4. The molecule has 1 atom stereocenters. The molecule has 0 unspecified atom stereocenters. The number of para-hydroxylation sites is 1. The molecule has 2 aliphatic heterocycles. The molecule has 2 aromatic rings. The molecule has 45 heavy (non-hydrogen) atoms. The van der Waals surface area contributed by atoms with Crippen LogP contribution in [0.25, 0.3) is 0 Å². The Morgan fingerprint density at radius 2 is 1.84 bits per heavy atom. The van der Waals surface area contributed by atoms with E-state index in [9.17, 15) is 36.4 Å². The molecule has 2 aliphatic rings. The van der Waals surface area contributed by atoms with E-state index in [1.807, 2.05) is 0 Å². The third kappa shape index (κ3) is 8.68. The standard InChI is InChI=1S/C28H33ClF2N4O8S2/c1-2-42-27(39)17-11-14-34(15-12-17)26(38)18(16-32-25(37)20-9-10-22(29)44-20)33-45(40,41)21-7-5-6-19(24(21)43-28(30)31)35-13-4-3-8-23(35)36/h5-7,9-10,17-18,28,33H,2-4,8,11-16H2,1H3,(H,32,37)/t18-/m0/s1. The first-order chi connectivity index (χ1) is 21.4. The SMILES string of the molecule is CCOC(=O)C1CCN(C(=O)[C@H](CNC(=O)c2ccc(Cl)s2)NS(=O)(=O)c2cccc(N3CCCCC3=O)c2OC(F)F)CC1.